The smallest absolute Gasteiger partial charge is 0.272 e. The summed E-state index contributed by atoms with van der Waals surface area (Å²) in [5, 5.41) is 7.94. The first-order chi connectivity index (χ1) is 15.7. The molecule has 0 saturated heterocycles. The first-order valence-corrected chi connectivity index (χ1v) is 10.5. The number of aromatic amines is 2. The molecule has 0 unspecified atom stereocenters. The van der Waals surface area contributed by atoms with Crippen LogP contribution in [-0.2, 0) is 6.42 Å². The number of carbonyl (C=O) groups is 2. The molecule has 5 rings (SSSR count). The average Bonchev–Trinajstić information content (AvgIpc) is 3.44. The van der Waals surface area contributed by atoms with Crippen LogP contribution < -0.4 is 10.6 Å². The number of para-hydroxylation sites is 3. The summed E-state index contributed by atoms with van der Waals surface area (Å²) in [4.78, 5) is 32.0. The second kappa shape index (κ2) is 8.43. The van der Waals surface area contributed by atoms with Crippen LogP contribution in [-0.4, -0.2) is 28.3 Å². The summed E-state index contributed by atoms with van der Waals surface area (Å²) >= 11 is 0. The van der Waals surface area contributed by atoms with Crippen molar-refractivity contribution in [2.45, 2.75) is 6.42 Å². The van der Waals surface area contributed by atoms with Crippen molar-refractivity contribution < 1.29 is 9.59 Å². The van der Waals surface area contributed by atoms with Gasteiger partial charge in [-0.2, -0.15) is 0 Å². The lowest BCUT2D eigenvalue weighted by Gasteiger charge is -2.11. The van der Waals surface area contributed by atoms with Gasteiger partial charge < -0.3 is 20.6 Å². The molecule has 158 valence electrons. The Morgan fingerprint density at radius 3 is 2.44 bits per heavy atom. The predicted octanol–water partition coefficient (Wildman–Crippen LogP) is 4.87. The summed E-state index contributed by atoms with van der Waals surface area (Å²) in [6, 6.07) is 24.6. The Kier molecular flexibility index (Phi) is 5.17. The molecular weight excluding hydrogens is 400 g/mol. The first-order valence-electron chi connectivity index (χ1n) is 10.5. The van der Waals surface area contributed by atoms with E-state index in [1.807, 2.05) is 48.7 Å². The van der Waals surface area contributed by atoms with E-state index in [0.717, 1.165) is 27.4 Å². The summed E-state index contributed by atoms with van der Waals surface area (Å²) in [5.41, 5.74) is 4.47. The monoisotopic (exact) mass is 422 g/mol. The van der Waals surface area contributed by atoms with E-state index in [-0.39, 0.29) is 11.8 Å². The number of hydrogen-bond acceptors (Lipinski definition) is 2. The molecule has 6 nitrogen and oxygen atoms in total. The Morgan fingerprint density at radius 2 is 1.56 bits per heavy atom. The minimum absolute atomic E-state index is 0.225. The highest BCUT2D eigenvalue weighted by Crippen LogP contribution is 2.20. The van der Waals surface area contributed by atoms with E-state index >= 15 is 0 Å². The van der Waals surface area contributed by atoms with Gasteiger partial charge in [0.05, 0.1) is 11.3 Å². The van der Waals surface area contributed by atoms with Crippen LogP contribution in [0.2, 0.25) is 0 Å². The van der Waals surface area contributed by atoms with E-state index in [1.54, 1.807) is 30.3 Å². The third-order valence-electron chi connectivity index (χ3n) is 5.55. The second-order valence-corrected chi connectivity index (χ2v) is 7.64. The Bertz CT molecular complexity index is 1400. The van der Waals surface area contributed by atoms with Gasteiger partial charge in [-0.3, -0.25) is 9.59 Å². The fraction of sp³-hybridized carbons (Fsp3) is 0.0769. The Balaban J connectivity index is 1.27. The van der Waals surface area contributed by atoms with Crippen LogP contribution in [0.4, 0.5) is 5.69 Å². The van der Waals surface area contributed by atoms with Crippen molar-refractivity contribution in [3.8, 4) is 0 Å². The standard InChI is InChI=1S/C26H22N4O2/c31-25(27-14-13-18-16-28-22-11-5-2-8-19(18)22)20-9-3-6-12-23(20)30-26(32)24-15-17-7-1-4-10-21(17)29-24/h1-12,15-16,28-29H,13-14H2,(H,27,31)(H,30,32). The maximum atomic E-state index is 12.8. The fourth-order valence-corrected chi connectivity index (χ4v) is 3.92. The molecule has 32 heavy (non-hydrogen) atoms. The van der Waals surface area contributed by atoms with E-state index in [4.69, 9.17) is 0 Å². The summed E-state index contributed by atoms with van der Waals surface area (Å²) in [5.74, 6) is -0.516. The summed E-state index contributed by atoms with van der Waals surface area (Å²) in [6.07, 6.45) is 2.69. The number of rotatable bonds is 6. The zero-order chi connectivity index (χ0) is 21.9. The Labute approximate surface area is 184 Å². The normalized spacial score (nSPS) is 11.0. The van der Waals surface area contributed by atoms with Crippen molar-refractivity contribution in [1.82, 2.24) is 15.3 Å². The quantitative estimate of drug-likeness (QED) is 0.314. The molecule has 0 aliphatic heterocycles. The first kappa shape index (κ1) is 19.6. The second-order valence-electron chi connectivity index (χ2n) is 7.64. The average molecular weight is 422 g/mol. The van der Waals surface area contributed by atoms with Gasteiger partial charge in [0.1, 0.15) is 5.69 Å². The molecule has 0 bridgehead atoms. The van der Waals surface area contributed by atoms with Crippen molar-refractivity contribution in [3.05, 3.63) is 102 Å². The third-order valence-corrected chi connectivity index (χ3v) is 5.55. The molecule has 0 atom stereocenters. The molecule has 0 aliphatic rings. The van der Waals surface area contributed by atoms with Gasteiger partial charge in [0.2, 0.25) is 0 Å². The highest BCUT2D eigenvalue weighted by atomic mass is 16.2. The maximum absolute atomic E-state index is 12.8. The molecular formula is C26H22N4O2. The minimum atomic E-state index is -0.291. The van der Waals surface area contributed by atoms with Crippen molar-refractivity contribution in [2.24, 2.45) is 0 Å². The van der Waals surface area contributed by atoms with Crippen molar-refractivity contribution >= 4 is 39.3 Å². The number of hydrogen-bond donors (Lipinski definition) is 4. The largest absolute Gasteiger partial charge is 0.361 e. The van der Waals surface area contributed by atoms with Crippen LogP contribution >= 0.6 is 0 Å². The van der Waals surface area contributed by atoms with Gasteiger partial charge in [-0.25, -0.2) is 0 Å². The van der Waals surface area contributed by atoms with Crippen molar-refractivity contribution in [2.75, 3.05) is 11.9 Å². The minimum Gasteiger partial charge on any atom is -0.361 e. The van der Waals surface area contributed by atoms with E-state index in [0.29, 0.717) is 29.9 Å². The molecule has 0 aliphatic carbocycles. The van der Waals surface area contributed by atoms with Crippen LogP contribution in [0.1, 0.15) is 26.4 Å². The Hall–Kier alpha value is -4.32. The van der Waals surface area contributed by atoms with Gasteiger partial charge in [-0.05, 0) is 42.3 Å². The molecule has 5 aromatic rings. The zero-order valence-corrected chi connectivity index (χ0v) is 17.3. The van der Waals surface area contributed by atoms with E-state index in [2.05, 4.69) is 26.7 Å². The van der Waals surface area contributed by atoms with E-state index in [1.165, 1.54) is 0 Å². The Morgan fingerprint density at radius 1 is 0.812 bits per heavy atom. The van der Waals surface area contributed by atoms with E-state index in [9.17, 15) is 9.59 Å². The van der Waals surface area contributed by atoms with Crippen LogP contribution in [0.5, 0.6) is 0 Å². The van der Waals surface area contributed by atoms with Crippen molar-refractivity contribution in [3.63, 3.8) is 0 Å². The lowest BCUT2D eigenvalue weighted by atomic mass is 10.1. The molecule has 2 heterocycles. The van der Waals surface area contributed by atoms with Crippen LogP contribution in [0.3, 0.4) is 0 Å². The number of carbonyl (C=O) groups excluding carboxylic acids is 2. The number of anilines is 1. The van der Waals surface area contributed by atoms with Gasteiger partial charge >= 0.3 is 0 Å². The molecule has 6 heteroatoms. The van der Waals surface area contributed by atoms with Gasteiger partial charge in [-0.15, -0.1) is 0 Å². The zero-order valence-electron chi connectivity index (χ0n) is 17.3. The summed E-state index contributed by atoms with van der Waals surface area (Å²) < 4.78 is 0. The SMILES string of the molecule is O=C(Nc1ccccc1C(=O)NCCc1c[nH]c2ccccc12)c1cc2ccccc2[nH]1. The highest BCUT2D eigenvalue weighted by molar-refractivity contribution is 6.09. The number of amides is 2. The van der Waals surface area contributed by atoms with Gasteiger partial charge in [0.25, 0.3) is 11.8 Å². The fourth-order valence-electron chi connectivity index (χ4n) is 3.92. The lowest BCUT2D eigenvalue weighted by molar-refractivity contribution is 0.0955. The number of H-pyrrole nitrogens is 2. The molecule has 0 radical (unpaired) electrons. The molecule has 0 spiro atoms. The third kappa shape index (κ3) is 3.86. The number of nitrogens with one attached hydrogen (secondary N) is 4. The highest BCUT2D eigenvalue weighted by Gasteiger charge is 2.15. The van der Waals surface area contributed by atoms with Gasteiger partial charge in [0, 0.05) is 34.5 Å². The molecule has 4 N–H and O–H groups in total. The number of benzene rings is 3. The molecule has 3 aromatic carbocycles. The van der Waals surface area contributed by atoms with E-state index < -0.39 is 0 Å². The number of aromatic nitrogens is 2. The summed E-state index contributed by atoms with van der Waals surface area (Å²) in [7, 11) is 0. The summed E-state index contributed by atoms with van der Waals surface area (Å²) in [6.45, 7) is 0.491. The van der Waals surface area contributed by atoms with Gasteiger partial charge in [-0.1, -0.05) is 48.5 Å². The molecule has 0 saturated carbocycles. The maximum Gasteiger partial charge on any atom is 0.272 e. The topological polar surface area (TPSA) is 89.8 Å². The van der Waals surface area contributed by atoms with Crippen LogP contribution in [0.15, 0.2) is 85.1 Å². The predicted molar refractivity (Wildman–Crippen MR) is 127 cm³/mol. The lowest BCUT2D eigenvalue weighted by Crippen LogP contribution is -2.27. The van der Waals surface area contributed by atoms with Crippen LogP contribution in [0, 0.1) is 0 Å². The van der Waals surface area contributed by atoms with Crippen molar-refractivity contribution in [1.29, 1.82) is 0 Å². The van der Waals surface area contributed by atoms with Crippen LogP contribution in [0.25, 0.3) is 21.8 Å². The number of fused-ring (bicyclic) bond motifs is 2. The molecule has 0 fully saturated rings. The molecule has 2 amide bonds. The molecule has 2 aromatic heterocycles. The van der Waals surface area contributed by atoms with Gasteiger partial charge in [0.15, 0.2) is 0 Å².